The molecule has 0 aliphatic heterocycles. The molecule has 2 aromatic carbocycles. The van der Waals surface area contributed by atoms with Crippen LogP contribution in [0.1, 0.15) is 35.8 Å². The van der Waals surface area contributed by atoms with Crippen molar-refractivity contribution in [3.8, 4) is 0 Å². The summed E-state index contributed by atoms with van der Waals surface area (Å²) in [7, 11) is 0. The van der Waals surface area contributed by atoms with E-state index in [0.29, 0.717) is 16.8 Å². The maximum absolute atomic E-state index is 12.3. The summed E-state index contributed by atoms with van der Waals surface area (Å²) in [6.45, 7) is 4.25. The quantitative estimate of drug-likeness (QED) is 0.647. The molecule has 0 fully saturated rings. The number of rotatable bonds is 5. The molecule has 0 saturated carbocycles. The average Bonchev–Trinajstić information content (AvgIpc) is 2.63. The molecule has 0 bridgehead atoms. The van der Waals surface area contributed by atoms with Gasteiger partial charge in [0.15, 0.2) is 0 Å². The Morgan fingerprint density at radius 1 is 1.00 bits per heavy atom. The van der Waals surface area contributed by atoms with Crippen molar-refractivity contribution < 1.29 is 4.79 Å². The first-order chi connectivity index (χ1) is 12.5. The number of amides is 1. The van der Waals surface area contributed by atoms with Gasteiger partial charge in [0.2, 0.25) is 0 Å². The molecule has 3 rings (SSSR count). The third kappa shape index (κ3) is 4.58. The molecular weight excluding hydrogens is 348 g/mol. The second-order valence-electron chi connectivity index (χ2n) is 6.15. The third-order valence-corrected chi connectivity index (χ3v) is 4.05. The van der Waals surface area contributed by atoms with E-state index in [1.54, 1.807) is 12.1 Å². The van der Waals surface area contributed by atoms with Gasteiger partial charge in [-0.3, -0.25) is 4.79 Å². The molecule has 0 aliphatic rings. The lowest BCUT2D eigenvalue weighted by Crippen LogP contribution is -2.14. The highest BCUT2D eigenvalue weighted by atomic mass is 35.5. The van der Waals surface area contributed by atoms with Crippen molar-refractivity contribution in [1.82, 2.24) is 9.97 Å². The smallest absolute Gasteiger partial charge is 0.275 e. The molecule has 3 aromatic rings. The van der Waals surface area contributed by atoms with E-state index in [9.17, 15) is 4.79 Å². The molecule has 0 aliphatic carbocycles. The van der Waals surface area contributed by atoms with E-state index in [1.165, 1.54) is 18.0 Å². The topological polar surface area (TPSA) is 66.9 Å². The predicted octanol–water partition coefficient (Wildman–Crippen LogP) is 5.25. The minimum atomic E-state index is -0.302. The van der Waals surface area contributed by atoms with Crippen LogP contribution in [0.5, 0.6) is 0 Å². The summed E-state index contributed by atoms with van der Waals surface area (Å²) in [6, 6.07) is 15.1. The van der Waals surface area contributed by atoms with Crippen molar-refractivity contribution in [1.29, 1.82) is 0 Å². The fourth-order valence-corrected chi connectivity index (χ4v) is 2.56. The third-order valence-electron chi connectivity index (χ3n) is 3.82. The number of nitrogens with zero attached hydrogens (tertiary/aromatic N) is 2. The van der Waals surface area contributed by atoms with Gasteiger partial charge in [0.05, 0.1) is 12.4 Å². The van der Waals surface area contributed by atoms with Gasteiger partial charge in [-0.15, -0.1) is 0 Å². The largest absolute Gasteiger partial charge is 0.339 e. The fraction of sp³-hybridized carbons (Fsp3) is 0.150. The Morgan fingerprint density at radius 3 is 2.38 bits per heavy atom. The number of carbonyl (C=O) groups is 1. The van der Waals surface area contributed by atoms with Crippen LogP contribution in [-0.4, -0.2) is 15.9 Å². The molecule has 132 valence electrons. The number of nitrogens with one attached hydrogen (secondary N) is 2. The van der Waals surface area contributed by atoms with E-state index >= 15 is 0 Å². The molecule has 0 spiro atoms. The van der Waals surface area contributed by atoms with Gasteiger partial charge < -0.3 is 10.6 Å². The van der Waals surface area contributed by atoms with Gasteiger partial charge in [0, 0.05) is 16.4 Å². The highest BCUT2D eigenvalue weighted by molar-refractivity contribution is 6.30. The zero-order valence-electron chi connectivity index (χ0n) is 14.5. The number of benzene rings is 2. The van der Waals surface area contributed by atoms with Gasteiger partial charge in [0.1, 0.15) is 11.5 Å². The van der Waals surface area contributed by atoms with Crippen LogP contribution in [0, 0.1) is 0 Å². The maximum atomic E-state index is 12.3. The number of aromatic nitrogens is 2. The zero-order valence-corrected chi connectivity index (χ0v) is 15.3. The normalized spacial score (nSPS) is 10.6. The van der Waals surface area contributed by atoms with Crippen molar-refractivity contribution in [3.63, 3.8) is 0 Å². The van der Waals surface area contributed by atoms with Crippen LogP contribution in [0.4, 0.5) is 17.2 Å². The Balaban J connectivity index is 1.65. The van der Waals surface area contributed by atoms with Gasteiger partial charge in [-0.25, -0.2) is 9.97 Å². The Bertz CT molecular complexity index is 892. The number of carbonyl (C=O) groups excluding carboxylic acids is 1. The Labute approximate surface area is 157 Å². The van der Waals surface area contributed by atoms with Gasteiger partial charge in [0.25, 0.3) is 5.91 Å². The van der Waals surface area contributed by atoms with Gasteiger partial charge in [-0.1, -0.05) is 43.6 Å². The highest BCUT2D eigenvalue weighted by Gasteiger charge is 2.09. The monoisotopic (exact) mass is 366 g/mol. The lowest BCUT2D eigenvalue weighted by molar-refractivity contribution is 0.102. The molecule has 0 radical (unpaired) electrons. The van der Waals surface area contributed by atoms with Crippen molar-refractivity contribution >= 4 is 34.7 Å². The second-order valence-corrected chi connectivity index (χ2v) is 6.59. The standard InChI is InChI=1S/C20H19ClN4O/c1-13(2)14-6-8-16(9-7-14)25-20(26)18-11-23-19(12-22-18)24-17-5-3-4-15(21)10-17/h3-13H,1-2H3,(H,23,24)(H,25,26). The fourth-order valence-electron chi connectivity index (χ4n) is 2.37. The van der Waals surface area contributed by atoms with Crippen molar-refractivity contribution in [2.24, 2.45) is 0 Å². The van der Waals surface area contributed by atoms with Gasteiger partial charge in [-0.2, -0.15) is 0 Å². The van der Waals surface area contributed by atoms with Crippen molar-refractivity contribution in [2.75, 3.05) is 10.6 Å². The number of halogens is 1. The summed E-state index contributed by atoms with van der Waals surface area (Å²) in [4.78, 5) is 20.7. The Hall–Kier alpha value is -2.92. The van der Waals surface area contributed by atoms with E-state index in [0.717, 1.165) is 11.4 Å². The minimum absolute atomic E-state index is 0.245. The van der Waals surface area contributed by atoms with Crippen molar-refractivity contribution in [3.05, 3.63) is 77.2 Å². The summed E-state index contributed by atoms with van der Waals surface area (Å²) in [5.41, 5.74) is 2.99. The minimum Gasteiger partial charge on any atom is -0.339 e. The van der Waals surface area contributed by atoms with E-state index in [1.807, 2.05) is 36.4 Å². The molecule has 2 N–H and O–H groups in total. The van der Waals surface area contributed by atoms with Crippen LogP contribution in [0.3, 0.4) is 0 Å². The van der Waals surface area contributed by atoms with E-state index in [-0.39, 0.29) is 11.6 Å². The lowest BCUT2D eigenvalue weighted by atomic mass is 10.0. The predicted molar refractivity (Wildman–Crippen MR) is 105 cm³/mol. The van der Waals surface area contributed by atoms with Gasteiger partial charge >= 0.3 is 0 Å². The SMILES string of the molecule is CC(C)c1ccc(NC(=O)c2cnc(Nc3cccc(Cl)c3)cn2)cc1. The first kappa shape index (κ1) is 17.9. The molecule has 6 heteroatoms. The van der Waals surface area contributed by atoms with Crippen molar-refractivity contribution in [2.45, 2.75) is 19.8 Å². The zero-order chi connectivity index (χ0) is 18.5. The number of hydrogen-bond donors (Lipinski definition) is 2. The molecule has 0 saturated heterocycles. The molecule has 1 heterocycles. The Morgan fingerprint density at radius 2 is 1.77 bits per heavy atom. The summed E-state index contributed by atoms with van der Waals surface area (Å²) < 4.78 is 0. The first-order valence-electron chi connectivity index (χ1n) is 8.27. The number of anilines is 3. The van der Waals surface area contributed by atoms with Gasteiger partial charge in [-0.05, 0) is 41.8 Å². The highest BCUT2D eigenvalue weighted by Crippen LogP contribution is 2.19. The van der Waals surface area contributed by atoms with Crippen LogP contribution in [0.25, 0.3) is 0 Å². The van der Waals surface area contributed by atoms with Crippen LogP contribution in [0.15, 0.2) is 60.9 Å². The molecule has 0 atom stereocenters. The number of hydrogen-bond acceptors (Lipinski definition) is 4. The van der Waals surface area contributed by atoms with Crippen LogP contribution < -0.4 is 10.6 Å². The second kappa shape index (κ2) is 7.97. The van der Waals surface area contributed by atoms with E-state index in [2.05, 4.69) is 34.4 Å². The van der Waals surface area contributed by atoms with Crippen LogP contribution in [0.2, 0.25) is 5.02 Å². The molecule has 5 nitrogen and oxygen atoms in total. The molecule has 0 unspecified atom stereocenters. The summed E-state index contributed by atoms with van der Waals surface area (Å²) in [5, 5.41) is 6.54. The van der Waals surface area contributed by atoms with Crippen LogP contribution >= 0.6 is 11.6 Å². The van der Waals surface area contributed by atoms with Crippen LogP contribution in [-0.2, 0) is 0 Å². The summed E-state index contributed by atoms with van der Waals surface area (Å²) in [5.74, 6) is 0.680. The first-order valence-corrected chi connectivity index (χ1v) is 8.65. The summed E-state index contributed by atoms with van der Waals surface area (Å²) in [6.07, 6.45) is 2.95. The Kier molecular flexibility index (Phi) is 5.49. The van der Waals surface area contributed by atoms with E-state index in [4.69, 9.17) is 11.6 Å². The molecule has 26 heavy (non-hydrogen) atoms. The maximum Gasteiger partial charge on any atom is 0.275 e. The summed E-state index contributed by atoms with van der Waals surface area (Å²) >= 11 is 5.95. The average molecular weight is 367 g/mol. The van der Waals surface area contributed by atoms with E-state index < -0.39 is 0 Å². The molecule has 1 amide bonds. The lowest BCUT2D eigenvalue weighted by Gasteiger charge is -2.09. The molecule has 1 aromatic heterocycles. The molecular formula is C20H19ClN4O.